The second-order valence-electron chi connectivity index (χ2n) is 6.18. The summed E-state index contributed by atoms with van der Waals surface area (Å²) in [5, 5.41) is 13.9. The first-order valence-electron chi connectivity index (χ1n) is 9.55. The average Bonchev–Trinajstić information content (AvgIpc) is 2.50. The Balaban J connectivity index is -0.000000134. The fourth-order valence-electron chi connectivity index (χ4n) is 2.34. The SMILES string of the molecule is CCCCCCCCCCCCCCCCP.O=C(O)O.O=P(O)(O)O.[KH].[KH]. The van der Waals surface area contributed by atoms with Crippen LogP contribution < -0.4 is 0 Å². The van der Waals surface area contributed by atoms with Gasteiger partial charge in [0, 0.05) is 0 Å². The van der Waals surface area contributed by atoms with Gasteiger partial charge in [-0.25, -0.2) is 9.36 Å². The van der Waals surface area contributed by atoms with Crippen LogP contribution in [0, 0.1) is 0 Å². The molecular weight excluding hydrogens is 456 g/mol. The van der Waals surface area contributed by atoms with Crippen LogP contribution in [0.3, 0.4) is 0 Å². The molecular formula is C17H42K2O7P2. The summed E-state index contributed by atoms with van der Waals surface area (Å²) in [5.41, 5.74) is 0. The van der Waals surface area contributed by atoms with Crippen LogP contribution in [-0.2, 0) is 4.57 Å². The van der Waals surface area contributed by atoms with Crippen LogP contribution in [0.1, 0.15) is 96.8 Å². The first kappa shape index (κ1) is 41.3. The Labute approximate surface area is 258 Å². The molecule has 0 saturated heterocycles. The number of carbonyl (C=O) groups is 1. The van der Waals surface area contributed by atoms with Crippen LogP contribution in [-0.4, -0.2) is 140 Å². The summed E-state index contributed by atoms with van der Waals surface area (Å²) in [5.74, 6) is 0. The van der Waals surface area contributed by atoms with E-state index in [0.717, 1.165) is 0 Å². The minimum absolute atomic E-state index is 0. The third kappa shape index (κ3) is 78.6. The van der Waals surface area contributed by atoms with Gasteiger partial charge >= 0.3 is 117 Å². The van der Waals surface area contributed by atoms with Crippen molar-refractivity contribution in [2.75, 3.05) is 6.16 Å². The first-order valence-corrected chi connectivity index (χ1v) is 11.9. The van der Waals surface area contributed by atoms with Crippen molar-refractivity contribution < 1.29 is 34.3 Å². The zero-order valence-electron chi connectivity index (χ0n) is 16.2. The Hall–Kier alpha value is 3.08. The summed E-state index contributed by atoms with van der Waals surface area (Å²) in [4.78, 5) is 30.1. The van der Waals surface area contributed by atoms with Crippen molar-refractivity contribution in [2.45, 2.75) is 96.8 Å². The molecule has 0 heterocycles. The molecule has 0 fully saturated rings. The van der Waals surface area contributed by atoms with E-state index in [1.807, 2.05) is 0 Å². The molecule has 0 aliphatic rings. The zero-order chi connectivity index (χ0) is 20.7. The number of phosphoric acid groups is 1. The van der Waals surface area contributed by atoms with Crippen LogP contribution >= 0.6 is 17.1 Å². The fourth-order valence-corrected chi connectivity index (χ4v) is 2.63. The molecule has 11 heteroatoms. The molecule has 164 valence electrons. The third-order valence-electron chi connectivity index (χ3n) is 3.56. The number of rotatable bonds is 14. The Kier molecular flexibility index (Phi) is 51.2. The maximum atomic E-state index is 8.88. The molecule has 0 saturated carbocycles. The van der Waals surface area contributed by atoms with Crippen molar-refractivity contribution in [1.82, 2.24) is 0 Å². The predicted octanol–water partition coefficient (Wildman–Crippen LogP) is 4.34. The van der Waals surface area contributed by atoms with Crippen molar-refractivity contribution in [3.63, 3.8) is 0 Å². The topological polar surface area (TPSA) is 135 Å². The van der Waals surface area contributed by atoms with Gasteiger partial charge in [-0.1, -0.05) is 90.4 Å². The molecule has 5 N–H and O–H groups in total. The number of unbranched alkanes of at least 4 members (excludes halogenated alkanes) is 13. The van der Waals surface area contributed by atoms with E-state index in [-0.39, 0.29) is 103 Å². The molecule has 0 aromatic carbocycles. The van der Waals surface area contributed by atoms with E-state index in [9.17, 15) is 0 Å². The molecule has 7 nitrogen and oxygen atoms in total. The van der Waals surface area contributed by atoms with E-state index in [1.54, 1.807) is 0 Å². The summed E-state index contributed by atoms with van der Waals surface area (Å²) < 4.78 is 8.88. The van der Waals surface area contributed by atoms with E-state index >= 15 is 0 Å². The molecule has 28 heavy (non-hydrogen) atoms. The molecule has 1 atom stereocenters. The Bertz CT molecular complexity index is 306. The van der Waals surface area contributed by atoms with Crippen molar-refractivity contribution in [2.24, 2.45) is 0 Å². The molecule has 0 aromatic rings. The van der Waals surface area contributed by atoms with Crippen LogP contribution in [0.2, 0.25) is 0 Å². The van der Waals surface area contributed by atoms with Crippen molar-refractivity contribution in [1.29, 1.82) is 0 Å². The van der Waals surface area contributed by atoms with Gasteiger partial charge in [-0.3, -0.25) is 0 Å². The molecule has 0 bridgehead atoms. The summed E-state index contributed by atoms with van der Waals surface area (Å²) in [7, 11) is -1.82. The molecule has 1 unspecified atom stereocenters. The Morgan fingerprint density at radius 1 is 0.679 bits per heavy atom. The number of hydrogen-bond acceptors (Lipinski definition) is 2. The van der Waals surface area contributed by atoms with Crippen LogP contribution in [0.25, 0.3) is 0 Å². The maximum absolute atomic E-state index is 8.88. The number of carboxylic acid groups (broad SMARTS) is 2. The third-order valence-corrected chi connectivity index (χ3v) is 3.97. The summed E-state index contributed by atoms with van der Waals surface area (Å²) in [6.45, 7) is 2.29. The average molecular weight is 499 g/mol. The van der Waals surface area contributed by atoms with Gasteiger partial charge in [-0.05, 0) is 12.6 Å². The summed E-state index contributed by atoms with van der Waals surface area (Å²) in [6.07, 6.45) is 19.9. The Morgan fingerprint density at radius 2 is 0.857 bits per heavy atom. The monoisotopic (exact) mass is 498 g/mol. The standard InChI is InChI=1S/C16H35P.CH2O3.2K.H3O4P.2H/c1-2-3-4-5-6-7-8-9-10-11-12-13-14-15-16-17;2-1(3)4;;;1-5(2,3)4;;/h2-17H2,1H3;(H2,2,3,4);;;(H3,1,2,3,4);;. The van der Waals surface area contributed by atoms with Gasteiger partial charge < -0.3 is 24.9 Å². The minimum atomic E-state index is -4.64. The van der Waals surface area contributed by atoms with Crippen molar-refractivity contribution >= 4 is 126 Å². The quantitative estimate of drug-likeness (QED) is 0.137. The van der Waals surface area contributed by atoms with Gasteiger partial charge in [0.15, 0.2) is 0 Å². The van der Waals surface area contributed by atoms with E-state index < -0.39 is 14.0 Å². The van der Waals surface area contributed by atoms with Crippen LogP contribution in [0.4, 0.5) is 4.79 Å². The second kappa shape index (κ2) is 34.7. The zero-order valence-corrected chi connectivity index (χ0v) is 18.2. The molecule has 0 aliphatic carbocycles. The van der Waals surface area contributed by atoms with Gasteiger partial charge in [-0.2, -0.15) is 0 Å². The molecule has 0 aliphatic heterocycles. The van der Waals surface area contributed by atoms with Gasteiger partial charge in [0.05, 0.1) is 0 Å². The second-order valence-corrected chi connectivity index (χ2v) is 7.78. The number of hydrogen-bond donors (Lipinski definition) is 5. The van der Waals surface area contributed by atoms with E-state index in [1.165, 1.54) is 96.1 Å². The Morgan fingerprint density at radius 3 is 1.04 bits per heavy atom. The van der Waals surface area contributed by atoms with Gasteiger partial charge in [-0.15, -0.1) is 9.24 Å². The van der Waals surface area contributed by atoms with Crippen molar-refractivity contribution in [3.05, 3.63) is 0 Å². The first-order chi connectivity index (χ1) is 12.1. The summed E-state index contributed by atoms with van der Waals surface area (Å²) >= 11 is 0. The molecule has 0 spiro atoms. The molecule has 0 amide bonds. The van der Waals surface area contributed by atoms with E-state index in [0.29, 0.717) is 0 Å². The van der Waals surface area contributed by atoms with Crippen LogP contribution in [0.5, 0.6) is 0 Å². The van der Waals surface area contributed by atoms with Gasteiger partial charge in [0.1, 0.15) is 0 Å². The molecule has 0 aromatic heterocycles. The van der Waals surface area contributed by atoms with Crippen molar-refractivity contribution in [3.8, 4) is 0 Å². The molecule has 0 radical (unpaired) electrons. The van der Waals surface area contributed by atoms with Gasteiger partial charge in [0.25, 0.3) is 0 Å². The van der Waals surface area contributed by atoms with Crippen LogP contribution in [0.15, 0.2) is 0 Å². The fraction of sp³-hybridized carbons (Fsp3) is 0.941. The van der Waals surface area contributed by atoms with E-state index in [4.69, 9.17) is 34.3 Å². The predicted molar refractivity (Wildman–Crippen MR) is 124 cm³/mol. The summed E-state index contributed by atoms with van der Waals surface area (Å²) in [6, 6.07) is 0. The van der Waals surface area contributed by atoms with E-state index in [2.05, 4.69) is 16.2 Å². The van der Waals surface area contributed by atoms with Gasteiger partial charge in [0.2, 0.25) is 0 Å². The normalized spacial score (nSPS) is 9.61. The molecule has 0 rings (SSSR count).